The average molecular weight is 373 g/mol. The number of hydrogen-bond acceptors (Lipinski definition) is 4. The average Bonchev–Trinajstić information content (AvgIpc) is 2.81. The lowest BCUT2D eigenvalue weighted by atomic mass is 10.1. The van der Waals surface area contributed by atoms with Crippen molar-refractivity contribution in [1.29, 1.82) is 0 Å². The van der Waals surface area contributed by atoms with Crippen LogP contribution in [0.4, 0.5) is 5.69 Å². The number of thioether (sulfide) groups is 1. The largest absolute Gasteiger partial charge is 0.507 e. The molecule has 2 aromatic carbocycles. The molecule has 25 heavy (non-hydrogen) atoms. The zero-order valence-electron chi connectivity index (χ0n) is 14.1. The number of carbonyl (C=O) groups is 1. The highest BCUT2D eigenvalue weighted by atomic mass is 35.5. The van der Waals surface area contributed by atoms with Crippen molar-refractivity contribution in [3.63, 3.8) is 0 Å². The molecule has 1 fully saturated rings. The van der Waals surface area contributed by atoms with Crippen LogP contribution in [0.15, 0.2) is 46.3 Å². The third kappa shape index (κ3) is 3.72. The fourth-order valence-electron chi connectivity index (χ4n) is 2.53. The maximum absolute atomic E-state index is 12.5. The number of aromatic hydroxyl groups is 1. The van der Waals surface area contributed by atoms with Crippen molar-refractivity contribution in [3.05, 3.63) is 63.0 Å². The number of aliphatic imine (C=N–C) groups is 1. The highest BCUT2D eigenvalue weighted by molar-refractivity contribution is 8.18. The maximum atomic E-state index is 12.5. The zero-order valence-corrected chi connectivity index (χ0v) is 15.6. The highest BCUT2D eigenvalue weighted by Crippen LogP contribution is 2.34. The molecule has 2 aromatic rings. The minimum atomic E-state index is -0.103. The van der Waals surface area contributed by atoms with E-state index in [1.165, 1.54) is 16.7 Å². The van der Waals surface area contributed by atoms with Gasteiger partial charge in [0.15, 0.2) is 5.17 Å². The van der Waals surface area contributed by atoms with Crippen molar-refractivity contribution in [2.45, 2.75) is 13.8 Å². The quantitative estimate of drug-likeness (QED) is 0.763. The van der Waals surface area contributed by atoms with Crippen LogP contribution in [0.3, 0.4) is 0 Å². The molecule has 1 heterocycles. The Morgan fingerprint density at radius 3 is 2.52 bits per heavy atom. The number of amidine groups is 1. The number of amides is 1. The van der Waals surface area contributed by atoms with Crippen molar-refractivity contribution >= 4 is 46.2 Å². The van der Waals surface area contributed by atoms with Crippen LogP contribution in [0.1, 0.15) is 16.7 Å². The third-order valence-corrected chi connectivity index (χ3v) is 5.14. The number of carbonyl (C=O) groups excluding carboxylic acids is 1. The molecular weight excluding hydrogens is 356 g/mol. The van der Waals surface area contributed by atoms with Crippen LogP contribution in [-0.2, 0) is 4.79 Å². The molecule has 3 rings (SSSR count). The molecule has 0 aliphatic carbocycles. The first kappa shape index (κ1) is 17.6. The molecule has 1 N–H and O–H groups in total. The minimum absolute atomic E-state index is 0.103. The minimum Gasteiger partial charge on any atom is -0.507 e. The zero-order chi connectivity index (χ0) is 18.1. The number of benzene rings is 2. The Morgan fingerprint density at radius 2 is 1.88 bits per heavy atom. The van der Waals surface area contributed by atoms with Crippen LogP contribution >= 0.6 is 23.4 Å². The molecule has 0 saturated carbocycles. The first-order valence-electron chi connectivity index (χ1n) is 7.67. The van der Waals surface area contributed by atoms with E-state index in [1.54, 1.807) is 19.2 Å². The molecule has 128 valence electrons. The Labute approximate surface area is 155 Å². The van der Waals surface area contributed by atoms with Gasteiger partial charge in [-0.05, 0) is 78.7 Å². The summed E-state index contributed by atoms with van der Waals surface area (Å²) in [4.78, 5) is 19.1. The van der Waals surface area contributed by atoms with Gasteiger partial charge in [-0.1, -0.05) is 17.7 Å². The Balaban J connectivity index is 1.93. The molecule has 0 bridgehead atoms. The van der Waals surface area contributed by atoms with E-state index in [9.17, 15) is 9.90 Å². The van der Waals surface area contributed by atoms with Crippen LogP contribution in [0.5, 0.6) is 5.75 Å². The molecule has 1 aliphatic heterocycles. The van der Waals surface area contributed by atoms with Gasteiger partial charge in [-0.15, -0.1) is 0 Å². The Kier molecular flexibility index (Phi) is 4.88. The topological polar surface area (TPSA) is 52.9 Å². The van der Waals surface area contributed by atoms with Crippen LogP contribution in [-0.4, -0.2) is 28.1 Å². The van der Waals surface area contributed by atoms with Gasteiger partial charge in [0.05, 0.1) is 10.6 Å². The summed E-state index contributed by atoms with van der Waals surface area (Å²) in [5.41, 5.74) is 3.14. The van der Waals surface area contributed by atoms with Gasteiger partial charge in [0, 0.05) is 12.1 Å². The van der Waals surface area contributed by atoms with Gasteiger partial charge in [0.1, 0.15) is 5.75 Å². The molecule has 0 unspecified atom stereocenters. The maximum Gasteiger partial charge on any atom is 0.266 e. The van der Waals surface area contributed by atoms with Gasteiger partial charge in [-0.2, -0.15) is 0 Å². The standard InChI is InChI=1S/C19H17ClN2O2S/c1-11-7-13(8-12(2)17(11)23)9-16-18(24)22(3)19(25-16)21-15-6-4-5-14(20)10-15/h4-10,23H,1-3H3/b16-9+,21-19?. The van der Waals surface area contributed by atoms with E-state index in [0.717, 1.165) is 16.7 Å². The smallest absolute Gasteiger partial charge is 0.266 e. The number of likely N-dealkylation sites (N-methyl/N-ethyl adjacent to an activating group) is 1. The first-order chi connectivity index (χ1) is 11.8. The number of phenols is 1. The van der Waals surface area contributed by atoms with Crippen molar-refractivity contribution in [1.82, 2.24) is 4.90 Å². The molecule has 6 heteroatoms. The number of aryl methyl sites for hydroxylation is 2. The molecule has 1 saturated heterocycles. The van der Waals surface area contributed by atoms with E-state index in [-0.39, 0.29) is 11.7 Å². The van der Waals surface area contributed by atoms with Gasteiger partial charge < -0.3 is 5.11 Å². The van der Waals surface area contributed by atoms with E-state index in [1.807, 2.05) is 44.2 Å². The lowest BCUT2D eigenvalue weighted by molar-refractivity contribution is -0.121. The van der Waals surface area contributed by atoms with Crippen molar-refractivity contribution < 1.29 is 9.90 Å². The lowest BCUT2D eigenvalue weighted by Gasteiger charge is -2.07. The van der Waals surface area contributed by atoms with Crippen LogP contribution < -0.4 is 0 Å². The number of rotatable bonds is 2. The molecule has 4 nitrogen and oxygen atoms in total. The Hall–Kier alpha value is -2.24. The molecular formula is C19H17ClN2O2S. The number of halogens is 1. The van der Waals surface area contributed by atoms with Gasteiger partial charge in [-0.25, -0.2) is 4.99 Å². The van der Waals surface area contributed by atoms with E-state index >= 15 is 0 Å². The van der Waals surface area contributed by atoms with E-state index in [2.05, 4.69) is 4.99 Å². The predicted molar refractivity (Wildman–Crippen MR) is 104 cm³/mol. The van der Waals surface area contributed by atoms with Gasteiger partial charge in [0.2, 0.25) is 0 Å². The second kappa shape index (κ2) is 6.94. The molecule has 0 aromatic heterocycles. The second-order valence-electron chi connectivity index (χ2n) is 5.85. The van der Waals surface area contributed by atoms with Crippen LogP contribution in [0.25, 0.3) is 6.08 Å². The molecule has 0 radical (unpaired) electrons. The number of hydrogen-bond donors (Lipinski definition) is 1. The SMILES string of the molecule is Cc1cc(/C=C2/SC(=Nc3cccc(Cl)c3)N(C)C2=O)cc(C)c1O. The van der Waals surface area contributed by atoms with Crippen LogP contribution in [0.2, 0.25) is 5.02 Å². The summed E-state index contributed by atoms with van der Waals surface area (Å²) >= 11 is 7.31. The third-order valence-electron chi connectivity index (χ3n) is 3.85. The van der Waals surface area contributed by atoms with Crippen LogP contribution in [0, 0.1) is 13.8 Å². The molecule has 0 atom stereocenters. The van der Waals surface area contributed by atoms with Crippen molar-refractivity contribution in [2.75, 3.05) is 7.05 Å². The summed E-state index contributed by atoms with van der Waals surface area (Å²) in [5, 5.41) is 11.1. The van der Waals surface area contributed by atoms with Gasteiger partial charge in [0.25, 0.3) is 5.91 Å². The summed E-state index contributed by atoms with van der Waals surface area (Å²) < 4.78 is 0. The normalized spacial score (nSPS) is 17.8. The summed E-state index contributed by atoms with van der Waals surface area (Å²) in [7, 11) is 1.70. The summed E-state index contributed by atoms with van der Waals surface area (Å²) in [5.74, 6) is 0.182. The fraction of sp³-hybridized carbons (Fsp3) is 0.158. The Bertz CT molecular complexity index is 898. The van der Waals surface area contributed by atoms with Gasteiger partial charge >= 0.3 is 0 Å². The summed E-state index contributed by atoms with van der Waals surface area (Å²) in [6.07, 6.45) is 1.82. The lowest BCUT2D eigenvalue weighted by Crippen LogP contribution is -2.23. The summed E-state index contributed by atoms with van der Waals surface area (Å²) in [6.45, 7) is 3.68. The molecule has 1 aliphatic rings. The van der Waals surface area contributed by atoms with Crippen molar-refractivity contribution in [2.24, 2.45) is 4.99 Å². The van der Waals surface area contributed by atoms with E-state index < -0.39 is 0 Å². The second-order valence-corrected chi connectivity index (χ2v) is 7.30. The van der Waals surface area contributed by atoms with E-state index in [4.69, 9.17) is 11.6 Å². The molecule has 1 amide bonds. The number of nitrogens with zero attached hydrogens (tertiary/aromatic N) is 2. The van der Waals surface area contributed by atoms with E-state index in [0.29, 0.717) is 20.8 Å². The van der Waals surface area contributed by atoms with Crippen molar-refractivity contribution in [3.8, 4) is 5.75 Å². The molecule has 0 spiro atoms. The summed E-state index contributed by atoms with van der Waals surface area (Å²) in [6, 6.07) is 10.9. The fourth-order valence-corrected chi connectivity index (χ4v) is 3.70. The first-order valence-corrected chi connectivity index (χ1v) is 8.86. The Morgan fingerprint density at radius 1 is 1.20 bits per heavy atom. The monoisotopic (exact) mass is 372 g/mol. The van der Waals surface area contributed by atoms with Gasteiger partial charge in [-0.3, -0.25) is 9.69 Å². The number of phenolic OH excluding ortho intramolecular Hbond substituents is 1. The predicted octanol–water partition coefficient (Wildman–Crippen LogP) is 4.90. The highest BCUT2D eigenvalue weighted by Gasteiger charge is 2.30.